The molecular weight excluding hydrogens is 212 g/mol. The van der Waals surface area contributed by atoms with Crippen LogP contribution in [0.4, 0.5) is 0 Å². The van der Waals surface area contributed by atoms with Crippen molar-refractivity contribution in [1.29, 1.82) is 0 Å². The minimum absolute atomic E-state index is 0.595. The Morgan fingerprint density at radius 3 is 2.53 bits per heavy atom. The van der Waals surface area contributed by atoms with Crippen molar-refractivity contribution in [3.63, 3.8) is 0 Å². The summed E-state index contributed by atoms with van der Waals surface area (Å²) in [6.45, 7) is 2.17. The first-order valence-corrected chi connectivity index (χ1v) is 5.83. The fourth-order valence-electron chi connectivity index (χ4n) is 1.86. The number of aryl methyl sites for hydroxylation is 2. The molecule has 0 amide bonds. The lowest BCUT2D eigenvalue weighted by Crippen LogP contribution is -1.95. The van der Waals surface area contributed by atoms with Gasteiger partial charge >= 0.3 is 0 Å². The highest BCUT2D eigenvalue weighted by Gasteiger charge is 2.06. The van der Waals surface area contributed by atoms with Crippen LogP contribution in [-0.2, 0) is 13.5 Å². The van der Waals surface area contributed by atoms with Crippen LogP contribution in [0.2, 0.25) is 0 Å². The molecule has 0 unspecified atom stereocenters. The number of rotatable bonds is 4. The molecule has 0 atom stereocenters. The minimum atomic E-state index is 0.595. The van der Waals surface area contributed by atoms with Crippen LogP contribution in [0.15, 0.2) is 30.3 Å². The van der Waals surface area contributed by atoms with Gasteiger partial charge in [-0.05, 0) is 18.1 Å². The Balaban J connectivity index is 2.29. The van der Waals surface area contributed by atoms with E-state index in [1.54, 1.807) is 11.7 Å². The van der Waals surface area contributed by atoms with E-state index in [9.17, 15) is 4.79 Å². The Kier molecular flexibility index (Phi) is 3.38. The third-order valence-corrected chi connectivity index (χ3v) is 2.83. The third-order valence-electron chi connectivity index (χ3n) is 2.83. The lowest BCUT2D eigenvalue weighted by molar-refractivity contribution is 0.111. The molecule has 1 heterocycles. The molecule has 0 saturated heterocycles. The predicted molar refractivity (Wildman–Crippen MR) is 68.0 cm³/mol. The summed E-state index contributed by atoms with van der Waals surface area (Å²) < 4.78 is 1.60. The van der Waals surface area contributed by atoms with E-state index in [2.05, 4.69) is 36.3 Å². The van der Waals surface area contributed by atoms with Gasteiger partial charge in [-0.1, -0.05) is 37.6 Å². The number of carbonyl (C=O) groups excluding carboxylic acids is 1. The molecule has 0 saturated carbocycles. The molecule has 17 heavy (non-hydrogen) atoms. The number of carbonyl (C=O) groups is 1. The Morgan fingerprint density at radius 2 is 2.00 bits per heavy atom. The largest absolute Gasteiger partial charge is 0.296 e. The first-order valence-electron chi connectivity index (χ1n) is 5.83. The number of aromatic nitrogens is 2. The van der Waals surface area contributed by atoms with Crippen molar-refractivity contribution in [2.24, 2.45) is 7.05 Å². The molecule has 88 valence electrons. The maximum absolute atomic E-state index is 10.8. The van der Waals surface area contributed by atoms with Crippen LogP contribution in [0, 0.1) is 0 Å². The fourth-order valence-corrected chi connectivity index (χ4v) is 1.86. The van der Waals surface area contributed by atoms with Gasteiger partial charge in [0.05, 0.1) is 5.69 Å². The average Bonchev–Trinajstić information content (AvgIpc) is 2.72. The van der Waals surface area contributed by atoms with Gasteiger partial charge in [-0.15, -0.1) is 0 Å². The molecule has 3 nitrogen and oxygen atoms in total. The average molecular weight is 228 g/mol. The van der Waals surface area contributed by atoms with Crippen molar-refractivity contribution >= 4 is 6.29 Å². The zero-order chi connectivity index (χ0) is 12.3. The molecule has 0 bridgehead atoms. The van der Waals surface area contributed by atoms with Crippen LogP contribution in [0.1, 0.15) is 29.4 Å². The second kappa shape index (κ2) is 4.95. The maximum atomic E-state index is 10.8. The molecule has 3 heteroatoms. The van der Waals surface area contributed by atoms with E-state index in [0.29, 0.717) is 5.69 Å². The molecule has 0 aliphatic carbocycles. The standard InChI is InChI=1S/C14H16N2O/c1-3-4-11-5-7-12(8-6-11)14-9-13(10-17)16(2)15-14/h5-10H,3-4H2,1-2H3. The molecule has 0 aliphatic heterocycles. The van der Waals surface area contributed by atoms with Crippen LogP contribution in [0.5, 0.6) is 0 Å². The summed E-state index contributed by atoms with van der Waals surface area (Å²) in [5.74, 6) is 0. The number of benzene rings is 1. The van der Waals surface area contributed by atoms with Crippen molar-refractivity contribution < 1.29 is 4.79 Å². The highest BCUT2D eigenvalue weighted by Crippen LogP contribution is 2.19. The topological polar surface area (TPSA) is 34.9 Å². The highest BCUT2D eigenvalue weighted by molar-refractivity contribution is 5.75. The molecule has 2 aromatic rings. The normalized spacial score (nSPS) is 10.5. The number of aldehydes is 1. The first-order chi connectivity index (χ1) is 8.24. The van der Waals surface area contributed by atoms with Crippen molar-refractivity contribution in [3.05, 3.63) is 41.6 Å². The number of nitrogens with zero attached hydrogens (tertiary/aromatic N) is 2. The van der Waals surface area contributed by atoms with Gasteiger partial charge in [0, 0.05) is 12.6 Å². The van der Waals surface area contributed by atoms with Gasteiger partial charge in [0.2, 0.25) is 0 Å². The van der Waals surface area contributed by atoms with Crippen molar-refractivity contribution in [1.82, 2.24) is 9.78 Å². The predicted octanol–water partition coefficient (Wildman–Crippen LogP) is 2.85. The first kappa shape index (κ1) is 11.6. The fraction of sp³-hybridized carbons (Fsp3) is 0.286. The summed E-state index contributed by atoms with van der Waals surface area (Å²) in [5.41, 5.74) is 3.83. The van der Waals surface area contributed by atoms with E-state index in [-0.39, 0.29) is 0 Å². The van der Waals surface area contributed by atoms with Crippen molar-refractivity contribution in [2.45, 2.75) is 19.8 Å². The Bertz CT molecular complexity index is 512. The van der Waals surface area contributed by atoms with Crippen molar-refractivity contribution in [2.75, 3.05) is 0 Å². The smallest absolute Gasteiger partial charge is 0.168 e. The highest BCUT2D eigenvalue weighted by atomic mass is 16.1. The Hall–Kier alpha value is -1.90. The molecule has 1 aromatic heterocycles. The molecule has 0 radical (unpaired) electrons. The molecule has 0 spiro atoms. The summed E-state index contributed by atoms with van der Waals surface area (Å²) in [6, 6.07) is 10.2. The second-order valence-corrected chi connectivity index (χ2v) is 4.14. The van der Waals surface area contributed by atoms with E-state index in [1.165, 1.54) is 5.56 Å². The van der Waals surface area contributed by atoms with Crippen LogP contribution in [0.25, 0.3) is 11.3 Å². The van der Waals surface area contributed by atoms with Gasteiger partial charge in [-0.25, -0.2) is 0 Å². The van der Waals surface area contributed by atoms with E-state index < -0.39 is 0 Å². The third kappa shape index (κ3) is 2.44. The zero-order valence-electron chi connectivity index (χ0n) is 10.2. The van der Waals surface area contributed by atoms with Gasteiger partial charge in [0.1, 0.15) is 5.69 Å². The van der Waals surface area contributed by atoms with Gasteiger partial charge in [0.15, 0.2) is 6.29 Å². The van der Waals surface area contributed by atoms with Gasteiger partial charge in [-0.2, -0.15) is 5.10 Å². The van der Waals surface area contributed by atoms with Gasteiger partial charge in [-0.3, -0.25) is 9.48 Å². The van der Waals surface area contributed by atoms with Crippen molar-refractivity contribution in [3.8, 4) is 11.3 Å². The molecule has 0 fully saturated rings. The van der Waals surface area contributed by atoms with Crippen LogP contribution in [-0.4, -0.2) is 16.1 Å². The summed E-state index contributed by atoms with van der Waals surface area (Å²) >= 11 is 0. The molecule has 1 aromatic carbocycles. The zero-order valence-corrected chi connectivity index (χ0v) is 10.2. The van der Waals surface area contributed by atoms with Crippen LogP contribution >= 0.6 is 0 Å². The Labute approximate surface area is 101 Å². The summed E-state index contributed by atoms with van der Waals surface area (Å²) in [6.07, 6.45) is 3.07. The molecular formula is C14H16N2O. The monoisotopic (exact) mass is 228 g/mol. The Morgan fingerprint density at radius 1 is 1.29 bits per heavy atom. The molecule has 0 aliphatic rings. The lowest BCUT2D eigenvalue weighted by Gasteiger charge is -2.00. The van der Waals surface area contributed by atoms with Crippen LogP contribution in [0.3, 0.4) is 0 Å². The quantitative estimate of drug-likeness (QED) is 0.754. The van der Waals surface area contributed by atoms with E-state index in [1.807, 2.05) is 6.07 Å². The maximum Gasteiger partial charge on any atom is 0.168 e. The summed E-state index contributed by atoms with van der Waals surface area (Å²) in [7, 11) is 1.78. The number of hydrogen-bond donors (Lipinski definition) is 0. The minimum Gasteiger partial charge on any atom is -0.296 e. The van der Waals surface area contributed by atoms with Crippen LogP contribution < -0.4 is 0 Å². The summed E-state index contributed by atoms with van der Waals surface area (Å²) in [5, 5.41) is 4.31. The van der Waals surface area contributed by atoms with E-state index in [4.69, 9.17) is 0 Å². The SMILES string of the molecule is CCCc1ccc(-c2cc(C=O)n(C)n2)cc1. The number of hydrogen-bond acceptors (Lipinski definition) is 2. The summed E-state index contributed by atoms with van der Waals surface area (Å²) in [4.78, 5) is 10.8. The molecule has 2 rings (SSSR count). The van der Waals surface area contributed by atoms with E-state index in [0.717, 1.165) is 30.4 Å². The lowest BCUT2D eigenvalue weighted by atomic mass is 10.1. The molecule has 0 N–H and O–H groups in total. The van der Waals surface area contributed by atoms with Gasteiger partial charge in [0.25, 0.3) is 0 Å². The van der Waals surface area contributed by atoms with E-state index >= 15 is 0 Å². The second-order valence-electron chi connectivity index (χ2n) is 4.14. The van der Waals surface area contributed by atoms with Gasteiger partial charge < -0.3 is 0 Å².